The lowest BCUT2D eigenvalue weighted by atomic mass is 9.83. The first kappa shape index (κ1) is 25.9. The van der Waals surface area contributed by atoms with Crippen molar-refractivity contribution in [2.45, 2.75) is 46.6 Å². The summed E-state index contributed by atoms with van der Waals surface area (Å²) in [5.74, 6) is -1.07. The molecule has 1 N–H and O–H groups in total. The number of allylic oxidation sites excluding steroid dienone is 1. The standard InChI is InChI=1S/C31H32N2O4/c1-5-37-31(36)29-22(4)33(28(34)18-27(29)24-11-7-6-8-12-24)19-23-10-9-13-25(17-23)30(35)32-26-15-14-20(2)21(3)16-26/h6-17,27H,5,18-19H2,1-4H3,(H,32,35). The molecule has 4 rings (SSSR count). The number of anilines is 1. The number of aryl methyl sites for hydroxylation is 2. The fourth-order valence-electron chi connectivity index (χ4n) is 4.66. The van der Waals surface area contributed by atoms with Gasteiger partial charge in [-0.1, -0.05) is 48.5 Å². The lowest BCUT2D eigenvalue weighted by molar-refractivity contribution is -0.140. The fraction of sp³-hybridized carbons (Fsp3) is 0.258. The molecule has 37 heavy (non-hydrogen) atoms. The minimum absolute atomic E-state index is 0.0793. The highest BCUT2D eigenvalue weighted by atomic mass is 16.5. The summed E-state index contributed by atoms with van der Waals surface area (Å²) in [5.41, 5.74) is 6.26. The molecule has 3 aromatic rings. The van der Waals surface area contributed by atoms with Gasteiger partial charge in [0.15, 0.2) is 0 Å². The Labute approximate surface area is 218 Å². The van der Waals surface area contributed by atoms with Gasteiger partial charge in [-0.2, -0.15) is 0 Å². The van der Waals surface area contributed by atoms with Crippen LogP contribution >= 0.6 is 0 Å². The first-order chi connectivity index (χ1) is 17.8. The van der Waals surface area contributed by atoms with Crippen LogP contribution in [0.25, 0.3) is 0 Å². The summed E-state index contributed by atoms with van der Waals surface area (Å²) in [5, 5.41) is 2.94. The van der Waals surface area contributed by atoms with Crippen LogP contribution < -0.4 is 5.32 Å². The van der Waals surface area contributed by atoms with Gasteiger partial charge in [-0.05, 0) is 74.2 Å². The number of esters is 1. The van der Waals surface area contributed by atoms with E-state index in [0.717, 1.165) is 27.9 Å². The van der Waals surface area contributed by atoms with E-state index in [4.69, 9.17) is 4.74 Å². The van der Waals surface area contributed by atoms with Crippen molar-refractivity contribution < 1.29 is 19.1 Å². The Kier molecular flexibility index (Phi) is 7.87. The van der Waals surface area contributed by atoms with Gasteiger partial charge < -0.3 is 15.0 Å². The quantitative estimate of drug-likeness (QED) is 0.413. The second kappa shape index (κ2) is 11.2. The van der Waals surface area contributed by atoms with Crippen molar-refractivity contribution in [3.63, 3.8) is 0 Å². The van der Waals surface area contributed by atoms with Gasteiger partial charge in [0.1, 0.15) is 0 Å². The van der Waals surface area contributed by atoms with E-state index in [1.54, 1.807) is 36.9 Å². The zero-order valence-corrected chi connectivity index (χ0v) is 21.7. The molecule has 6 nitrogen and oxygen atoms in total. The highest BCUT2D eigenvalue weighted by Crippen LogP contribution is 2.37. The number of carbonyl (C=O) groups excluding carboxylic acids is 3. The van der Waals surface area contributed by atoms with Gasteiger partial charge in [0.2, 0.25) is 5.91 Å². The molecule has 0 saturated carbocycles. The molecule has 0 fully saturated rings. The van der Waals surface area contributed by atoms with Gasteiger partial charge in [-0.25, -0.2) is 4.79 Å². The van der Waals surface area contributed by atoms with Crippen molar-refractivity contribution in [3.05, 3.63) is 112 Å². The molecule has 190 valence electrons. The molecule has 0 aliphatic carbocycles. The number of amides is 2. The van der Waals surface area contributed by atoms with Gasteiger partial charge in [0.05, 0.1) is 18.7 Å². The summed E-state index contributed by atoms with van der Waals surface area (Å²) in [6.07, 6.45) is 0.169. The number of hydrogen-bond acceptors (Lipinski definition) is 4. The number of carbonyl (C=O) groups is 3. The van der Waals surface area contributed by atoms with Crippen molar-refractivity contribution in [1.82, 2.24) is 4.90 Å². The van der Waals surface area contributed by atoms with Crippen molar-refractivity contribution >= 4 is 23.5 Å². The lowest BCUT2D eigenvalue weighted by Crippen LogP contribution is -2.38. The molecule has 6 heteroatoms. The number of ether oxygens (including phenoxy) is 1. The van der Waals surface area contributed by atoms with Crippen LogP contribution in [0.3, 0.4) is 0 Å². The van der Waals surface area contributed by atoms with E-state index >= 15 is 0 Å². The molecule has 1 atom stereocenters. The zero-order chi connectivity index (χ0) is 26.5. The Morgan fingerprint density at radius 2 is 1.70 bits per heavy atom. The number of nitrogens with zero attached hydrogens (tertiary/aromatic N) is 1. The number of nitrogens with one attached hydrogen (secondary N) is 1. The van der Waals surface area contributed by atoms with Crippen molar-refractivity contribution in [2.24, 2.45) is 0 Å². The van der Waals surface area contributed by atoms with Crippen molar-refractivity contribution in [2.75, 3.05) is 11.9 Å². The Hall–Kier alpha value is -4.19. The molecule has 2 amide bonds. The third-order valence-electron chi connectivity index (χ3n) is 6.81. The average Bonchev–Trinajstić information content (AvgIpc) is 2.89. The largest absolute Gasteiger partial charge is 0.463 e. The maximum absolute atomic E-state index is 13.3. The highest BCUT2D eigenvalue weighted by Gasteiger charge is 2.36. The number of rotatable bonds is 7. The monoisotopic (exact) mass is 496 g/mol. The molecule has 0 bridgehead atoms. The number of hydrogen-bond donors (Lipinski definition) is 1. The van der Waals surface area contributed by atoms with Crippen LogP contribution in [0.5, 0.6) is 0 Å². The normalized spacial score (nSPS) is 15.5. The average molecular weight is 497 g/mol. The van der Waals surface area contributed by atoms with Gasteiger partial charge in [0, 0.05) is 29.3 Å². The molecular weight excluding hydrogens is 464 g/mol. The lowest BCUT2D eigenvalue weighted by Gasteiger charge is -2.34. The molecule has 0 spiro atoms. The molecule has 1 aliphatic rings. The van der Waals surface area contributed by atoms with Gasteiger partial charge in [0.25, 0.3) is 5.91 Å². The fourth-order valence-corrected chi connectivity index (χ4v) is 4.66. The summed E-state index contributed by atoms with van der Waals surface area (Å²) in [6, 6.07) is 22.6. The molecule has 0 saturated heterocycles. The van der Waals surface area contributed by atoms with Crippen LogP contribution in [0.4, 0.5) is 5.69 Å². The van der Waals surface area contributed by atoms with E-state index in [2.05, 4.69) is 5.32 Å². The van der Waals surface area contributed by atoms with E-state index in [1.807, 2.05) is 68.4 Å². The summed E-state index contributed by atoms with van der Waals surface area (Å²) in [4.78, 5) is 40.8. The summed E-state index contributed by atoms with van der Waals surface area (Å²) in [6.45, 7) is 8.09. The topological polar surface area (TPSA) is 75.7 Å². The van der Waals surface area contributed by atoms with Gasteiger partial charge in [-0.3, -0.25) is 9.59 Å². The Balaban J connectivity index is 1.60. The van der Waals surface area contributed by atoms with Crippen LogP contribution in [-0.4, -0.2) is 29.3 Å². The third kappa shape index (κ3) is 5.80. The zero-order valence-electron chi connectivity index (χ0n) is 21.7. The number of benzene rings is 3. The predicted molar refractivity (Wildman–Crippen MR) is 144 cm³/mol. The predicted octanol–water partition coefficient (Wildman–Crippen LogP) is 5.91. The van der Waals surface area contributed by atoms with E-state index in [0.29, 0.717) is 16.8 Å². The second-order valence-corrected chi connectivity index (χ2v) is 9.32. The maximum Gasteiger partial charge on any atom is 0.336 e. The Morgan fingerprint density at radius 1 is 0.946 bits per heavy atom. The van der Waals surface area contributed by atoms with E-state index in [1.165, 1.54) is 0 Å². The van der Waals surface area contributed by atoms with E-state index < -0.39 is 5.97 Å². The molecule has 3 aromatic carbocycles. The summed E-state index contributed by atoms with van der Waals surface area (Å²) >= 11 is 0. The molecule has 1 unspecified atom stereocenters. The van der Waals surface area contributed by atoms with E-state index in [9.17, 15) is 14.4 Å². The smallest absolute Gasteiger partial charge is 0.336 e. The van der Waals surface area contributed by atoms with Crippen LogP contribution in [-0.2, 0) is 20.9 Å². The van der Waals surface area contributed by atoms with Gasteiger partial charge in [-0.15, -0.1) is 0 Å². The van der Waals surface area contributed by atoms with Crippen LogP contribution in [0.1, 0.15) is 58.8 Å². The highest BCUT2D eigenvalue weighted by molar-refractivity contribution is 6.04. The summed E-state index contributed by atoms with van der Waals surface area (Å²) < 4.78 is 5.37. The maximum atomic E-state index is 13.3. The Morgan fingerprint density at radius 3 is 2.41 bits per heavy atom. The molecule has 1 heterocycles. The van der Waals surface area contributed by atoms with Crippen molar-refractivity contribution in [1.29, 1.82) is 0 Å². The first-order valence-electron chi connectivity index (χ1n) is 12.5. The third-order valence-corrected chi connectivity index (χ3v) is 6.81. The van der Waals surface area contributed by atoms with Crippen molar-refractivity contribution in [3.8, 4) is 0 Å². The van der Waals surface area contributed by atoms with Crippen LogP contribution in [0.15, 0.2) is 84.1 Å². The second-order valence-electron chi connectivity index (χ2n) is 9.32. The molecule has 0 aromatic heterocycles. The van der Waals surface area contributed by atoms with Crippen LogP contribution in [0.2, 0.25) is 0 Å². The summed E-state index contributed by atoms with van der Waals surface area (Å²) in [7, 11) is 0. The first-order valence-corrected chi connectivity index (χ1v) is 12.5. The molecule has 0 radical (unpaired) electrons. The van der Waals surface area contributed by atoms with Gasteiger partial charge >= 0.3 is 5.97 Å². The molecule has 1 aliphatic heterocycles. The minimum atomic E-state index is -0.409. The molecular formula is C31H32N2O4. The Bertz CT molecular complexity index is 1360. The SMILES string of the molecule is CCOC(=O)C1=C(C)N(Cc2cccc(C(=O)Nc3ccc(C)c(C)c3)c2)C(=O)CC1c1ccccc1. The minimum Gasteiger partial charge on any atom is -0.463 e. The van der Waals surface area contributed by atoms with Crippen LogP contribution in [0, 0.1) is 13.8 Å². The van der Waals surface area contributed by atoms with E-state index in [-0.39, 0.29) is 37.3 Å².